The molecule has 1 saturated carbocycles. The Labute approximate surface area is 180 Å². The number of aryl methyl sites for hydroxylation is 1. The van der Waals surface area contributed by atoms with Gasteiger partial charge in [0.15, 0.2) is 5.13 Å². The third-order valence-corrected chi connectivity index (χ3v) is 6.57. The summed E-state index contributed by atoms with van der Waals surface area (Å²) in [5, 5.41) is 7.14. The highest BCUT2D eigenvalue weighted by Gasteiger charge is 2.24. The molecular weight excluding hydrogens is 396 g/mol. The second kappa shape index (κ2) is 9.26. The van der Waals surface area contributed by atoms with Crippen molar-refractivity contribution in [2.75, 3.05) is 17.7 Å². The minimum Gasteiger partial charge on any atom is -0.495 e. The zero-order chi connectivity index (χ0) is 20.9. The molecule has 1 fully saturated rings. The Balaban J connectivity index is 1.53. The van der Waals surface area contributed by atoms with Crippen LogP contribution in [0.5, 0.6) is 5.75 Å². The average molecular weight is 423 g/mol. The van der Waals surface area contributed by atoms with Crippen LogP contribution < -0.4 is 15.4 Å². The smallest absolute Gasteiger partial charge is 0.229 e. The van der Waals surface area contributed by atoms with Crippen LogP contribution in [0.1, 0.15) is 36.9 Å². The molecule has 3 aromatic rings. The summed E-state index contributed by atoms with van der Waals surface area (Å²) in [5.74, 6) is 1.01. The lowest BCUT2D eigenvalue weighted by atomic mass is 10.1. The number of hydrogen-bond donors (Lipinski definition) is 2. The average Bonchev–Trinajstić information content (AvgIpc) is 3.43. The summed E-state index contributed by atoms with van der Waals surface area (Å²) in [7, 11) is 1.67. The SMILES string of the molecule is COc1ccc(-c2sc(NC(=O)C3CCCC3)nc2C)cc1NCc1ccncc1. The van der Waals surface area contributed by atoms with Crippen LogP contribution in [0.2, 0.25) is 0 Å². The molecule has 2 heterocycles. The number of thiazole rings is 1. The van der Waals surface area contributed by atoms with E-state index in [4.69, 9.17) is 4.74 Å². The summed E-state index contributed by atoms with van der Waals surface area (Å²) < 4.78 is 5.53. The van der Waals surface area contributed by atoms with Gasteiger partial charge in [-0.2, -0.15) is 0 Å². The number of benzene rings is 1. The van der Waals surface area contributed by atoms with Crippen molar-refractivity contribution in [1.29, 1.82) is 0 Å². The summed E-state index contributed by atoms with van der Waals surface area (Å²) in [6, 6.07) is 10.0. The zero-order valence-electron chi connectivity index (χ0n) is 17.3. The lowest BCUT2D eigenvalue weighted by Gasteiger charge is -2.13. The molecule has 2 aromatic heterocycles. The zero-order valence-corrected chi connectivity index (χ0v) is 18.1. The number of nitrogens with zero attached hydrogens (tertiary/aromatic N) is 2. The summed E-state index contributed by atoms with van der Waals surface area (Å²) in [6.45, 7) is 2.65. The Bertz CT molecular complexity index is 1010. The van der Waals surface area contributed by atoms with Gasteiger partial charge in [-0.25, -0.2) is 4.98 Å². The van der Waals surface area contributed by atoms with Gasteiger partial charge in [-0.3, -0.25) is 9.78 Å². The maximum absolute atomic E-state index is 12.5. The largest absolute Gasteiger partial charge is 0.495 e. The molecule has 0 aliphatic heterocycles. The number of aromatic nitrogens is 2. The molecule has 1 aromatic carbocycles. The maximum Gasteiger partial charge on any atom is 0.229 e. The van der Waals surface area contributed by atoms with Gasteiger partial charge in [-0.15, -0.1) is 0 Å². The van der Waals surface area contributed by atoms with Crippen LogP contribution in [0.25, 0.3) is 10.4 Å². The molecule has 0 spiro atoms. The molecule has 0 bridgehead atoms. The van der Waals surface area contributed by atoms with Gasteiger partial charge in [0.1, 0.15) is 5.75 Å². The molecule has 0 unspecified atom stereocenters. The first-order chi connectivity index (χ1) is 14.6. The van der Waals surface area contributed by atoms with E-state index in [0.717, 1.165) is 58.8 Å². The number of carbonyl (C=O) groups excluding carboxylic acids is 1. The number of amides is 1. The molecule has 1 aliphatic carbocycles. The number of anilines is 2. The number of ether oxygens (including phenoxy) is 1. The second-order valence-corrected chi connectivity index (χ2v) is 8.53. The highest BCUT2D eigenvalue weighted by atomic mass is 32.1. The van der Waals surface area contributed by atoms with Crippen LogP contribution in [0.15, 0.2) is 42.7 Å². The number of nitrogens with one attached hydrogen (secondary N) is 2. The van der Waals surface area contributed by atoms with E-state index in [1.807, 2.05) is 31.2 Å². The van der Waals surface area contributed by atoms with Gasteiger partial charge >= 0.3 is 0 Å². The fourth-order valence-corrected chi connectivity index (χ4v) is 4.76. The summed E-state index contributed by atoms with van der Waals surface area (Å²) in [5.41, 5.74) is 4.01. The van der Waals surface area contributed by atoms with Crippen LogP contribution in [-0.4, -0.2) is 23.0 Å². The van der Waals surface area contributed by atoms with Crippen molar-refractivity contribution >= 4 is 28.1 Å². The van der Waals surface area contributed by atoms with E-state index in [2.05, 4.69) is 26.7 Å². The molecule has 0 saturated heterocycles. The minimum absolute atomic E-state index is 0.0993. The van der Waals surface area contributed by atoms with Crippen LogP contribution in [0.3, 0.4) is 0 Å². The Hall–Kier alpha value is -2.93. The molecule has 0 atom stereocenters. The van der Waals surface area contributed by atoms with Crippen molar-refractivity contribution in [3.8, 4) is 16.2 Å². The normalized spacial score (nSPS) is 13.9. The van der Waals surface area contributed by atoms with Crippen molar-refractivity contribution in [2.24, 2.45) is 5.92 Å². The molecular formula is C23H26N4O2S. The first kappa shape index (κ1) is 20.3. The number of pyridine rings is 1. The van der Waals surface area contributed by atoms with Crippen LogP contribution in [0.4, 0.5) is 10.8 Å². The van der Waals surface area contributed by atoms with Gasteiger partial charge in [-0.1, -0.05) is 24.2 Å². The van der Waals surface area contributed by atoms with Crippen molar-refractivity contribution < 1.29 is 9.53 Å². The van der Waals surface area contributed by atoms with Crippen LogP contribution in [-0.2, 0) is 11.3 Å². The molecule has 2 N–H and O–H groups in total. The summed E-state index contributed by atoms with van der Waals surface area (Å²) in [4.78, 5) is 22.2. The van der Waals surface area contributed by atoms with E-state index in [9.17, 15) is 4.79 Å². The van der Waals surface area contributed by atoms with Gasteiger partial charge in [0, 0.05) is 24.9 Å². The molecule has 156 valence electrons. The van der Waals surface area contributed by atoms with Crippen LogP contribution >= 0.6 is 11.3 Å². The molecule has 7 heteroatoms. The summed E-state index contributed by atoms with van der Waals surface area (Å²) >= 11 is 1.52. The fraction of sp³-hybridized carbons (Fsp3) is 0.348. The van der Waals surface area contributed by atoms with Gasteiger partial charge in [-0.05, 0) is 61.2 Å². The maximum atomic E-state index is 12.5. The first-order valence-corrected chi connectivity index (χ1v) is 11.0. The van der Waals surface area contributed by atoms with Gasteiger partial charge in [0.25, 0.3) is 0 Å². The molecule has 4 rings (SSSR count). The Morgan fingerprint density at radius 3 is 2.70 bits per heavy atom. The lowest BCUT2D eigenvalue weighted by Crippen LogP contribution is -2.20. The summed E-state index contributed by atoms with van der Waals surface area (Å²) in [6.07, 6.45) is 7.81. The molecule has 0 radical (unpaired) electrons. The van der Waals surface area contributed by atoms with Crippen LogP contribution in [0, 0.1) is 12.8 Å². The number of rotatable bonds is 7. The van der Waals surface area contributed by atoms with E-state index in [-0.39, 0.29) is 11.8 Å². The standard InChI is InChI=1S/C23H26N4O2S/c1-15-21(30-23(26-15)27-22(28)17-5-3-4-6-17)18-7-8-20(29-2)19(13-18)25-14-16-9-11-24-12-10-16/h7-13,17,25H,3-6,14H2,1-2H3,(H,26,27,28). The van der Waals surface area contributed by atoms with E-state index in [1.165, 1.54) is 11.3 Å². The quantitative estimate of drug-likeness (QED) is 0.543. The van der Waals surface area contributed by atoms with Gasteiger partial charge in [0.2, 0.25) is 5.91 Å². The van der Waals surface area contributed by atoms with Crippen molar-refractivity contribution in [3.63, 3.8) is 0 Å². The third kappa shape index (κ3) is 4.62. The fourth-order valence-electron chi connectivity index (χ4n) is 3.80. The van der Waals surface area contributed by atoms with E-state index in [0.29, 0.717) is 11.7 Å². The van der Waals surface area contributed by atoms with E-state index in [1.54, 1.807) is 19.5 Å². The second-order valence-electron chi connectivity index (χ2n) is 7.53. The van der Waals surface area contributed by atoms with Gasteiger partial charge < -0.3 is 15.4 Å². The van der Waals surface area contributed by atoms with E-state index < -0.39 is 0 Å². The highest BCUT2D eigenvalue weighted by molar-refractivity contribution is 7.19. The Morgan fingerprint density at radius 1 is 1.20 bits per heavy atom. The molecule has 1 amide bonds. The number of methoxy groups -OCH3 is 1. The Morgan fingerprint density at radius 2 is 1.97 bits per heavy atom. The van der Waals surface area contributed by atoms with Gasteiger partial charge in [0.05, 0.1) is 23.4 Å². The number of hydrogen-bond acceptors (Lipinski definition) is 6. The first-order valence-electron chi connectivity index (χ1n) is 10.2. The van der Waals surface area contributed by atoms with Crippen molar-refractivity contribution in [3.05, 3.63) is 54.0 Å². The van der Waals surface area contributed by atoms with Crippen molar-refractivity contribution in [2.45, 2.75) is 39.2 Å². The van der Waals surface area contributed by atoms with E-state index >= 15 is 0 Å². The Kier molecular flexibility index (Phi) is 6.28. The topological polar surface area (TPSA) is 76.1 Å². The molecule has 30 heavy (non-hydrogen) atoms. The monoisotopic (exact) mass is 422 g/mol. The molecule has 1 aliphatic rings. The molecule has 6 nitrogen and oxygen atoms in total. The minimum atomic E-state index is 0.0993. The third-order valence-electron chi connectivity index (χ3n) is 5.45. The highest BCUT2D eigenvalue weighted by Crippen LogP contribution is 2.37. The lowest BCUT2D eigenvalue weighted by molar-refractivity contribution is -0.119. The predicted octanol–water partition coefficient (Wildman–Crippen LogP) is 5.26. The van der Waals surface area contributed by atoms with Crippen molar-refractivity contribution in [1.82, 2.24) is 9.97 Å². The predicted molar refractivity (Wildman–Crippen MR) is 121 cm³/mol. The number of carbonyl (C=O) groups is 1.